The second kappa shape index (κ2) is 3.18. The number of nitrogens with zero attached hydrogens (tertiary/aromatic N) is 1. The Bertz CT molecular complexity index is 403. The zero-order valence-electron chi connectivity index (χ0n) is 7.32. The molecule has 0 aliphatic rings. The standard InChI is InChI=1S/C10H10N2S/c1-7-9(4-5-13-7)8-2-3-10(11)12-6-8/h2-6H,1H3,(H2,11,12). The third-order valence-corrected chi connectivity index (χ3v) is 2.80. The van der Waals surface area contributed by atoms with Crippen LogP contribution < -0.4 is 5.73 Å². The number of hydrogen-bond acceptors (Lipinski definition) is 3. The van der Waals surface area contributed by atoms with Crippen LogP contribution in [0.5, 0.6) is 0 Å². The molecule has 0 spiro atoms. The van der Waals surface area contributed by atoms with E-state index in [0.29, 0.717) is 5.82 Å². The van der Waals surface area contributed by atoms with Gasteiger partial charge < -0.3 is 5.73 Å². The van der Waals surface area contributed by atoms with Crippen LogP contribution in [-0.4, -0.2) is 4.98 Å². The molecular weight excluding hydrogens is 180 g/mol. The molecule has 2 N–H and O–H groups in total. The number of nitrogen functional groups attached to an aromatic ring is 1. The number of aryl methyl sites for hydroxylation is 1. The van der Waals surface area contributed by atoms with E-state index >= 15 is 0 Å². The minimum absolute atomic E-state index is 0.566. The molecular formula is C10H10N2S. The summed E-state index contributed by atoms with van der Waals surface area (Å²) < 4.78 is 0. The molecule has 3 heteroatoms. The molecule has 0 unspecified atom stereocenters. The smallest absolute Gasteiger partial charge is 0.123 e. The Hall–Kier alpha value is -1.35. The van der Waals surface area contributed by atoms with E-state index in [2.05, 4.69) is 23.4 Å². The topological polar surface area (TPSA) is 38.9 Å². The quantitative estimate of drug-likeness (QED) is 0.751. The Kier molecular flexibility index (Phi) is 2.02. The van der Waals surface area contributed by atoms with E-state index < -0.39 is 0 Å². The first kappa shape index (κ1) is 8.26. The van der Waals surface area contributed by atoms with Gasteiger partial charge in [-0.3, -0.25) is 0 Å². The van der Waals surface area contributed by atoms with Crippen LogP contribution in [0, 0.1) is 6.92 Å². The van der Waals surface area contributed by atoms with Crippen molar-refractivity contribution < 1.29 is 0 Å². The Morgan fingerprint density at radius 2 is 2.15 bits per heavy atom. The molecule has 2 aromatic heterocycles. The summed E-state index contributed by atoms with van der Waals surface area (Å²) in [7, 11) is 0. The lowest BCUT2D eigenvalue weighted by molar-refractivity contribution is 1.33. The van der Waals surface area contributed by atoms with E-state index in [4.69, 9.17) is 5.73 Å². The summed E-state index contributed by atoms with van der Waals surface area (Å²) in [6.07, 6.45) is 1.81. The SMILES string of the molecule is Cc1sccc1-c1ccc(N)nc1. The van der Waals surface area contributed by atoms with Crippen molar-refractivity contribution in [3.63, 3.8) is 0 Å². The minimum atomic E-state index is 0.566. The van der Waals surface area contributed by atoms with Crippen molar-refractivity contribution >= 4 is 17.2 Å². The van der Waals surface area contributed by atoms with Crippen molar-refractivity contribution in [1.29, 1.82) is 0 Å². The first-order valence-electron chi connectivity index (χ1n) is 4.03. The fourth-order valence-corrected chi connectivity index (χ4v) is 1.97. The molecule has 0 saturated heterocycles. The van der Waals surface area contributed by atoms with Gasteiger partial charge in [0.2, 0.25) is 0 Å². The lowest BCUT2D eigenvalue weighted by Crippen LogP contribution is -1.88. The highest BCUT2D eigenvalue weighted by molar-refractivity contribution is 7.10. The molecule has 0 bridgehead atoms. The van der Waals surface area contributed by atoms with Crippen LogP contribution in [0.1, 0.15) is 4.88 Å². The van der Waals surface area contributed by atoms with E-state index in [-0.39, 0.29) is 0 Å². The summed E-state index contributed by atoms with van der Waals surface area (Å²) in [5.41, 5.74) is 7.89. The Morgan fingerprint density at radius 1 is 1.31 bits per heavy atom. The maximum Gasteiger partial charge on any atom is 0.123 e. The van der Waals surface area contributed by atoms with Crippen LogP contribution in [0.15, 0.2) is 29.8 Å². The van der Waals surface area contributed by atoms with Crippen molar-refractivity contribution in [2.75, 3.05) is 5.73 Å². The van der Waals surface area contributed by atoms with Gasteiger partial charge in [0.1, 0.15) is 5.82 Å². The van der Waals surface area contributed by atoms with Gasteiger partial charge in [-0.2, -0.15) is 0 Å². The summed E-state index contributed by atoms with van der Waals surface area (Å²) in [6, 6.07) is 5.93. The predicted molar refractivity (Wildman–Crippen MR) is 56.7 cm³/mol. The van der Waals surface area contributed by atoms with Gasteiger partial charge in [0, 0.05) is 16.6 Å². The lowest BCUT2D eigenvalue weighted by Gasteiger charge is -1.99. The molecule has 66 valence electrons. The molecule has 2 heterocycles. The van der Waals surface area contributed by atoms with Crippen molar-refractivity contribution in [1.82, 2.24) is 4.98 Å². The van der Waals surface area contributed by atoms with Crippen LogP contribution in [-0.2, 0) is 0 Å². The normalized spacial score (nSPS) is 10.2. The van der Waals surface area contributed by atoms with Crippen molar-refractivity contribution in [2.24, 2.45) is 0 Å². The number of anilines is 1. The van der Waals surface area contributed by atoms with Crippen LogP contribution in [0.4, 0.5) is 5.82 Å². The zero-order chi connectivity index (χ0) is 9.26. The average molecular weight is 190 g/mol. The third kappa shape index (κ3) is 1.55. The van der Waals surface area contributed by atoms with Crippen molar-refractivity contribution in [3.05, 3.63) is 34.7 Å². The highest BCUT2D eigenvalue weighted by atomic mass is 32.1. The van der Waals surface area contributed by atoms with Gasteiger partial charge in [-0.1, -0.05) is 0 Å². The van der Waals surface area contributed by atoms with E-state index in [1.807, 2.05) is 18.3 Å². The molecule has 0 radical (unpaired) electrons. The number of rotatable bonds is 1. The zero-order valence-corrected chi connectivity index (χ0v) is 8.14. The highest BCUT2D eigenvalue weighted by Gasteiger charge is 2.02. The maximum atomic E-state index is 5.51. The molecule has 0 saturated carbocycles. The number of pyridine rings is 1. The van der Waals surface area contributed by atoms with Gasteiger partial charge in [0.05, 0.1) is 0 Å². The molecule has 2 rings (SSSR count). The van der Waals surface area contributed by atoms with E-state index in [1.54, 1.807) is 11.3 Å². The van der Waals surface area contributed by atoms with Gasteiger partial charge >= 0.3 is 0 Å². The molecule has 0 aliphatic carbocycles. The Balaban J connectivity index is 2.47. The number of thiophene rings is 1. The summed E-state index contributed by atoms with van der Waals surface area (Å²) in [4.78, 5) is 5.37. The second-order valence-corrected chi connectivity index (χ2v) is 3.98. The third-order valence-electron chi connectivity index (χ3n) is 1.96. The van der Waals surface area contributed by atoms with Crippen molar-refractivity contribution in [2.45, 2.75) is 6.92 Å². The minimum Gasteiger partial charge on any atom is -0.384 e. The number of hydrogen-bond donors (Lipinski definition) is 1. The fourth-order valence-electron chi connectivity index (χ4n) is 1.25. The first-order chi connectivity index (χ1) is 6.27. The monoisotopic (exact) mass is 190 g/mol. The number of nitrogens with two attached hydrogens (primary N) is 1. The molecule has 2 aromatic rings. The molecule has 2 nitrogen and oxygen atoms in total. The predicted octanol–water partition coefficient (Wildman–Crippen LogP) is 2.70. The average Bonchev–Trinajstić information content (AvgIpc) is 2.53. The van der Waals surface area contributed by atoms with Gasteiger partial charge in [-0.25, -0.2) is 4.98 Å². The lowest BCUT2D eigenvalue weighted by atomic mass is 10.1. The molecule has 0 amide bonds. The first-order valence-corrected chi connectivity index (χ1v) is 4.91. The molecule has 0 atom stereocenters. The summed E-state index contributed by atoms with van der Waals surface area (Å²) in [5.74, 6) is 0.566. The van der Waals surface area contributed by atoms with Crippen molar-refractivity contribution in [3.8, 4) is 11.1 Å². The summed E-state index contributed by atoms with van der Waals surface area (Å²) in [5, 5.41) is 2.08. The maximum absolute atomic E-state index is 5.51. The number of aromatic nitrogens is 1. The van der Waals surface area contributed by atoms with E-state index in [9.17, 15) is 0 Å². The summed E-state index contributed by atoms with van der Waals surface area (Å²) in [6.45, 7) is 2.11. The molecule has 0 fully saturated rings. The van der Waals surface area contributed by atoms with Gasteiger partial charge in [0.15, 0.2) is 0 Å². The van der Waals surface area contributed by atoms with Gasteiger partial charge in [-0.05, 0) is 36.1 Å². The van der Waals surface area contributed by atoms with E-state index in [0.717, 1.165) is 5.56 Å². The molecule has 0 aromatic carbocycles. The fraction of sp³-hybridized carbons (Fsp3) is 0.100. The highest BCUT2D eigenvalue weighted by Crippen LogP contribution is 2.26. The van der Waals surface area contributed by atoms with E-state index in [1.165, 1.54) is 10.4 Å². The van der Waals surface area contributed by atoms with Gasteiger partial charge in [0.25, 0.3) is 0 Å². The van der Waals surface area contributed by atoms with Crippen LogP contribution in [0.25, 0.3) is 11.1 Å². The summed E-state index contributed by atoms with van der Waals surface area (Å²) >= 11 is 1.74. The Morgan fingerprint density at radius 3 is 2.69 bits per heavy atom. The second-order valence-electron chi connectivity index (χ2n) is 2.86. The molecule has 13 heavy (non-hydrogen) atoms. The van der Waals surface area contributed by atoms with Crippen LogP contribution in [0.3, 0.4) is 0 Å². The van der Waals surface area contributed by atoms with Crippen LogP contribution in [0.2, 0.25) is 0 Å². The van der Waals surface area contributed by atoms with Gasteiger partial charge in [-0.15, -0.1) is 11.3 Å². The largest absolute Gasteiger partial charge is 0.384 e. The Labute approximate surface area is 81.1 Å². The molecule has 0 aliphatic heterocycles. The van der Waals surface area contributed by atoms with Crippen LogP contribution >= 0.6 is 11.3 Å².